The number of aromatic nitrogens is 2. The van der Waals surface area contributed by atoms with Crippen LogP contribution in [-0.4, -0.2) is 52.1 Å². The molecule has 2 fully saturated rings. The summed E-state index contributed by atoms with van der Waals surface area (Å²) in [4.78, 5) is 34.6. The van der Waals surface area contributed by atoms with Crippen molar-refractivity contribution in [3.63, 3.8) is 0 Å². The molecule has 0 bridgehead atoms. The molecule has 1 N–H and O–H groups in total. The van der Waals surface area contributed by atoms with Crippen molar-refractivity contribution in [3.8, 4) is 0 Å². The summed E-state index contributed by atoms with van der Waals surface area (Å²) >= 11 is 0. The molecule has 29 heavy (non-hydrogen) atoms. The number of amides is 1. The van der Waals surface area contributed by atoms with Crippen LogP contribution in [0.3, 0.4) is 0 Å². The van der Waals surface area contributed by atoms with E-state index in [-0.39, 0.29) is 23.9 Å². The van der Waals surface area contributed by atoms with Gasteiger partial charge < -0.3 is 14.8 Å². The van der Waals surface area contributed by atoms with E-state index in [4.69, 9.17) is 14.3 Å². The third kappa shape index (κ3) is 4.23. The third-order valence-corrected chi connectivity index (χ3v) is 5.08. The molecule has 0 radical (unpaired) electrons. The van der Waals surface area contributed by atoms with Gasteiger partial charge in [0, 0.05) is 25.2 Å². The van der Waals surface area contributed by atoms with E-state index in [1.165, 1.54) is 4.57 Å². The average molecular weight is 400 g/mol. The largest absolute Gasteiger partial charge is 0.351 e. The fourth-order valence-corrected chi connectivity index (χ4v) is 3.60. The maximum absolute atomic E-state index is 12.5. The summed E-state index contributed by atoms with van der Waals surface area (Å²) in [5.41, 5.74) is -0.0115. The number of hydrogen-bond acceptors (Lipinski definition) is 7. The molecule has 2 aliphatic rings. The Morgan fingerprint density at radius 1 is 1.24 bits per heavy atom. The van der Waals surface area contributed by atoms with Crippen LogP contribution in [0.15, 0.2) is 47.4 Å². The van der Waals surface area contributed by atoms with Crippen LogP contribution in [-0.2, 0) is 14.3 Å². The van der Waals surface area contributed by atoms with Crippen molar-refractivity contribution in [2.75, 3.05) is 19.0 Å². The number of hydrogen-bond donors (Lipinski definition) is 1. The molecule has 9 nitrogen and oxygen atoms in total. The van der Waals surface area contributed by atoms with Crippen LogP contribution in [0.4, 0.5) is 5.82 Å². The van der Waals surface area contributed by atoms with E-state index in [0.29, 0.717) is 18.6 Å². The summed E-state index contributed by atoms with van der Waals surface area (Å²) < 4.78 is 13.0. The number of nitrogens with zero attached hydrogens (tertiary/aromatic N) is 3. The van der Waals surface area contributed by atoms with Crippen LogP contribution in [0.1, 0.15) is 36.9 Å². The third-order valence-electron chi connectivity index (χ3n) is 5.08. The average Bonchev–Trinajstić information content (AvgIpc) is 3.24. The first-order chi connectivity index (χ1) is 13.8. The summed E-state index contributed by atoms with van der Waals surface area (Å²) in [7, 11) is 1.81. The highest BCUT2D eigenvalue weighted by atomic mass is 16.8. The molecule has 154 valence electrons. The monoisotopic (exact) mass is 400 g/mol. The molecule has 2 aromatic rings. The first kappa shape index (κ1) is 19.7. The second-order valence-electron chi connectivity index (χ2n) is 7.60. The van der Waals surface area contributed by atoms with Gasteiger partial charge in [-0.2, -0.15) is 10.0 Å². The van der Waals surface area contributed by atoms with E-state index in [1.807, 2.05) is 27.0 Å². The molecule has 0 spiro atoms. The lowest BCUT2D eigenvalue weighted by molar-refractivity contribution is -0.190. The van der Waals surface area contributed by atoms with Crippen molar-refractivity contribution in [1.29, 1.82) is 0 Å². The standard InChI is InChI=1S/C20H24N4O5/c1-20(2)27-12-15(28-20)14-11-17(29-23(14)3)24-10-9-16(22-19(24)26)21-18(25)13-7-5-4-6-8-13/h4-10,14-15,17H,11-12H2,1-3H3,(H,21,22,25,26)/t14-,15-,17+/m1/s1. The number of ether oxygens (including phenoxy) is 2. The lowest BCUT2D eigenvalue weighted by atomic mass is 10.1. The maximum atomic E-state index is 12.5. The van der Waals surface area contributed by atoms with E-state index in [0.717, 1.165) is 0 Å². The zero-order valence-electron chi connectivity index (χ0n) is 16.6. The summed E-state index contributed by atoms with van der Waals surface area (Å²) in [6, 6.07) is 10.3. The van der Waals surface area contributed by atoms with Crippen molar-refractivity contribution < 1.29 is 19.1 Å². The minimum Gasteiger partial charge on any atom is -0.348 e. The molecule has 3 heterocycles. The highest BCUT2D eigenvalue weighted by Crippen LogP contribution is 2.34. The van der Waals surface area contributed by atoms with E-state index in [1.54, 1.807) is 41.6 Å². The lowest BCUT2D eigenvalue weighted by Crippen LogP contribution is -2.38. The highest BCUT2D eigenvalue weighted by Gasteiger charge is 2.44. The number of benzene rings is 1. The minimum absolute atomic E-state index is 0.0499. The number of anilines is 1. The Balaban J connectivity index is 1.45. The van der Waals surface area contributed by atoms with E-state index in [2.05, 4.69) is 10.3 Å². The number of rotatable bonds is 4. The van der Waals surface area contributed by atoms with Crippen LogP contribution in [0.5, 0.6) is 0 Å². The van der Waals surface area contributed by atoms with Crippen molar-refractivity contribution in [2.24, 2.45) is 0 Å². The van der Waals surface area contributed by atoms with Gasteiger partial charge in [-0.3, -0.25) is 14.2 Å². The van der Waals surface area contributed by atoms with E-state index < -0.39 is 17.7 Å². The van der Waals surface area contributed by atoms with Gasteiger partial charge in [-0.05, 0) is 32.0 Å². The normalized spacial score (nSPS) is 26.5. The van der Waals surface area contributed by atoms with Gasteiger partial charge in [0.15, 0.2) is 12.0 Å². The van der Waals surface area contributed by atoms with Gasteiger partial charge in [-0.15, -0.1) is 0 Å². The molecule has 2 aliphatic heterocycles. The van der Waals surface area contributed by atoms with Crippen LogP contribution >= 0.6 is 0 Å². The van der Waals surface area contributed by atoms with Gasteiger partial charge in [0.05, 0.1) is 12.6 Å². The molecule has 0 unspecified atom stereocenters. The molecular weight excluding hydrogens is 376 g/mol. The van der Waals surface area contributed by atoms with Gasteiger partial charge in [0.25, 0.3) is 5.91 Å². The molecule has 0 saturated carbocycles. The molecule has 2 saturated heterocycles. The molecule has 1 aromatic heterocycles. The Hall–Kier alpha value is -2.59. The molecule has 1 amide bonds. The molecule has 3 atom stereocenters. The molecule has 1 aromatic carbocycles. The SMILES string of the molecule is CN1O[C@H](n2ccc(NC(=O)c3ccccc3)nc2=O)C[C@@H]1[C@H]1COC(C)(C)O1. The van der Waals surface area contributed by atoms with Crippen LogP contribution in [0.2, 0.25) is 0 Å². The molecule has 0 aliphatic carbocycles. The van der Waals surface area contributed by atoms with Crippen LogP contribution in [0, 0.1) is 0 Å². The van der Waals surface area contributed by atoms with Crippen LogP contribution in [0.25, 0.3) is 0 Å². The van der Waals surface area contributed by atoms with Gasteiger partial charge in [-0.1, -0.05) is 18.2 Å². The van der Waals surface area contributed by atoms with Gasteiger partial charge >= 0.3 is 5.69 Å². The fraction of sp³-hybridized carbons (Fsp3) is 0.450. The highest BCUT2D eigenvalue weighted by molar-refractivity contribution is 6.03. The van der Waals surface area contributed by atoms with E-state index in [9.17, 15) is 9.59 Å². The first-order valence-electron chi connectivity index (χ1n) is 9.49. The van der Waals surface area contributed by atoms with Crippen molar-refractivity contribution in [1.82, 2.24) is 14.6 Å². The second kappa shape index (κ2) is 7.68. The zero-order chi connectivity index (χ0) is 20.6. The Morgan fingerprint density at radius 3 is 2.66 bits per heavy atom. The summed E-state index contributed by atoms with van der Waals surface area (Å²) in [5, 5.41) is 4.34. The predicted octanol–water partition coefficient (Wildman–Crippen LogP) is 1.78. The summed E-state index contributed by atoms with van der Waals surface area (Å²) in [6.07, 6.45) is 1.48. The number of likely N-dealkylation sites (N-methyl/N-ethyl adjacent to an activating group) is 1. The van der Waals surface area contributed by atoms with Crippen molar-refractivity contribution in [3.05, 3.63) is 58.6 Å². The summed E-state index contributed by atoms with van der Waals surface area (Å²) in [6.45, 7) is 4.21. The Morgan fingerprint density at radius 2 is 2.00 bits per heavy atom. The number of nitrogens with one attached hydrogen (secondary N) is 1. The lowest BCUT2D eigenvalue weighted by Gasteiger charge is -2.23. The Bertz CT molecular complexity index is 945. The zero-order valence-corrected chi connectivity index (χ0v) is 16.6. The number of carbonyl (C=O) groups is 1. The van der Waals surface area contributed by atoms with Crippen molar-refractivity contribution >= 4 is 11.7 Å². The Labute approximate surface area is 168 Å². The first-order valence-corrected chi connectivity index (χ1v) is 9.49. The fourth-order valence-electron chi connectivity index (χ4n) is 3.60. The quantitative estimate of drug-likeness (QED) is 0.836. The topological polar surface area (TPSA) is 94.9 Å². The summed E-state index contributed by atoms with van der Waals surface area (Å²) in [5.74, 6) is -0.758. The second-order valence-corrected chi connectivity index (χ2v) is 7.60. The minimum atomic E-state index is -0.624. The Kier molecular flexibility index (Phi) is 5.22. The van der Waals surface area contributed by atoms with E-state index >= 15 is 0 Å². The molecular formula is C20H24N4O5. The number of hydroxylamine groups is 2. The number of carbonyl (C=O) groups excluding carboxylic acids is 1. The molecule has 4 rings (SSSR count). The van der Waals surface area contributed by atoms with Crippen molar-refractivity contribution in [2.45, 2.75) is 44.4 Å². The van der Waals surface area contributed by atoms with Gasteiger partial charge in [0.2, 0.25) is 0 Å². The predicted molar refractivity (Wildman–Crippen MR) is 104 cm³/mol. The smallest absolute Gasteiger partial charge is 0.348 e. The maximum Gasteiger partial charge on any atom is 0.351 e. The molecule has 9 heteroatoms. The van der Waals surface area contributed by atoms with Crippen LogP contribution < -0.4 is 11.0 Å². The van der Waals surface area contributed by atoms with Gasteiger partial charge in [-0.25, -0.2) is 4.79 Å². The van der Waals surface area contributed by atoms with Gasteiger partial charge in [0.1, 0.15) is 11.9 Å².